The summed E-state index contributed by atoms with van der Waals surface area (Å²) in [6.07, 6.45) is 0. The number of hydrogen-bond donors (Lipinski definition) is 1. The van der Waals surface area contributed by atoms with E-state index < -0.39 is 5.97 Å². The van der Waals surface area contributed by atoms with E-state index in [0.717, 1.165) is 4.68 Å². The molecule has 1 aromatic carbocycles. The number of benzene rings is 1. The van der Waals surface area contributed by atoms with Crippen LogP contribution in [-0.2, 0) is 0 Å². The molecule has 2 rings (SSSR count). The predicted octanol–water partition coefficient (Wildman–Crippen LogP) is 1.69. The molecule has 1 heterocycles. The van der Waals surface area contributed by atoms with E-state index in [0.29, 0.717) is 10.2 Å². The van der Waals surface area contributed by atoms with Gasteiger partial charge in [0.15, 0.2) is 5.69 Å². The summed E-state index contributed by atoms with van der Waals surface area (Å²) in [5.74, 6) is -1.18. The SMILES string of the molecule is O=C(O)c1ccc(=O)n(-c2ccccc2Br)n1. The minimum absolute atomic E-state index is 0.180. The molecule has 0 bridgehead atoms. The molecule has 6 heteroatoms. The van der Waals surface area contributed by atoms with Crippen LogP contribution in [0.1, 0.15) is 10.5 Å². The van der Waals surface area contributed by atoms with Crippen molar-refractivity contribution in [3.63, 3.8) is 0 Å². The van der Waals surface area contributed by atoms with Gasteiger partial charge >= 0.3 is 5.97 Å². The lowest BCUT2D eigenvalue weighted by atomic mass is 10.3. The topological polar surface area (TPSA) is 72.2 Å². The lowest BCUT2D eigenvalue weighted by molar-refractivity contribution is 0.0688. The molecule has 5 nitrogen and oxygen atoms in total. The number of halogens is 1. The maximum Gasteiger partial charge on any atom is 0.356 e. The summed E-state index contributed by atoms with van der Waals surface area (Å²) in [5, 5.41) is 12.6. The monoisotopic (exact) mass is 294 g/mol. The normalized spacial score (nSPS) is 10.2. The quantitative estimate of drug-likeness (QED) is 0.915. The van der Waals surface area contributed by atoms with Crippen LogP contribution in [-0.4, -0.2) is 20.9 Å². The maximum absolute atomic E-state index is 11.6. The van der Waals surface area contributed by atoms with Crippen molar-refractivity contribution in [2.75, 3.05) is 0 Å². The first-order chi connectivity index (χ1) is 8.09. The first-order valence-corrected chi connectivity index (χ1v) is 5.47. The summed E-state index contributed by atoms with van der Waals surface area (Å²) in [6.45, 7) is 0. The Bertz CT molecular complexity index is 637. The Kier molecular flexibility index (Phi) is 3.06. The van der Waals surface area contributed by atoms with E-state index in [1.54, 1.807) is 24.3 Å². The molecule has 0 fully saturated rings. The largest absolute Gasteiger partial charge is 0.476 e. The Morgan fingerprint density at radius 2 is 1.94 bits per heavy atom. The third kappa shape index (κ3) is 2.26. The van der Waals surface area contributed by atoms with E-state index in [1.165, 1.54) is 12.1 Å². The third-order valence-corrected chi connectivity index (χ3v) is 2.77. The molecule has 0 aliphatic carbocycles. The smallest absolute Gasteiger partial charge is 0.356 e. The van der Waals surface area contributed by atoms with E-state index in [-0.39, 0.29) is 11.3 Å². The minimum atomic E-state index is -1.18. The van der Waals surface area contributed by atoms with Crippen LogP contribution < -0.4 is 5.56 Å². The standard InChI is InChI=1S/C11H7BrN2O3/c12-7-3-1-2-4-9(7)14-10(15)6-5-8(13-14)11(16)17/h1-6H,(H,16,17). The van der Waals surface area contributed by atoms with Crippen molar-refractivity contribution >= 4 is 21.9 Å². The van der Waals surface area contributed by atoms with Crippen molar-refractivity contribution in [3.8, 4) is 5.69 Å². The van der Waals surface area contributed by atoms with Crippen LogP contribution in [0.25, 0.3) is 5.69 Å². The van der Waals surface area contributed by atoms with Crippen molar-refractivity contribution in [2.45, 2.75) is 0 Å². The highest BCUT2D eigenvalue weighted by molar-refractivity contribution is 9.10. The summed E-state index contributed by atoms with van der Waals surface area (Å²) in [7, 11) is 0. The number of carboxylic acids is 1. The van der Waals surface area contributed by atoms with Gasteiger partial charge < -0.3 is 5.11 Å². The molecule has 0 aliphatic heterocycles. The average molecular weight is 295 g/mol. The number of hydrogen-bond acceptors (Lipinski definition) is 3. The van der Waals surface area contributed by atoms with Gasteiger partial charge in [0, 0.05) is 10.5 Å². The first kappa shape index (κ1) is 11.5. The Morgan fingerprint density at radius 3 is 2.59 bits per heavy atom. The summed E-state index contributed by atoms with van der Waals surface area (Å²) in [6, 6.07) is 9.30. The molecule has 2 aromatic rings. The number of carbonyl (C=O) groups is 1. The van der Waals surface area contributed by atoms with Crippen LogP contribution in [0.2, 0.25) is 0 Å². The number of para-hydroxylation sites is 1. The molecule has 0 aliphatic rings. The van der Waals surface area contributed by atoms with Crippen LogP contribution in [0.3, 0.4) is 0 Å². The van der Waals surface area contributed by atoms with Gasteiger partial charge in [-0.3, -0.25) is 4.79 Å². The van der Waals surface area contributed by atoms with Crippen LogP contribution in [0.4, 0.5) is 0 Å². The highest BCUT2D eigenvalue weighted by Gasteiger charge is 2.10. The van der Waals surface area contributed by atoms with Gasteiger partial charge in [-0.1, -0.05) is 12.1 Å². The number of carboxylic acid groups (broad SMARTS) is 1. The van der Waals surface area contributed by atoms with Gasteiger partial charge in [-0.15, -0.1) is 0 Å². The van der Waals surface area contributed by atoms with Crippen molar-refractivity contribution in [1.29, 1.82) is 0 Å². The van der Waals surface area contributed by atoms with E-state index in [4.69, 9.17) is 5.11 Å². The molecule has 0 spiro atoms. The molecule has 17 heavy (non-hydrogen) atoms. The summed E-state index contributed by atoms with van der Waals surface area (Å²) in [5.41, 5.74) is -0.0668. The van der Waals surface area contributed by atoms with Gasteiger partial charge in [-0.05, 0) is 34.1 Å². The second-order valence-corrected chi connectivity index (χ2v) is 4.08. The number of nitrogens with zero attached hydrogens (tertiary/aromatic N) is 2. The molecule has 0 saturated heterocycles. The highest BCUT2D eigenvalue weighted by atomic mass is 79.9. The molecular weight excluding hydrogens is 288 g/mol. The molecule has 0 unspecified atom stereocenters. The Balaban J connectivity index is 2.67. The second-order valence-electron chi connectivity index (χ2n) is 3.23. The van der Waals surface area contributed by atoms with Crippen LogP contribution >= 0.6 is 15.9 Å². The van der Waals surface area contributed by atoms with Crippen LogP contribution in [0.15, 0.2) is 45.7 Å². The van der Waals surface area contributed by atoms with Gasteiger partial charge in [0.1, 0.15) is 0 Å². The van der Waals surface area contributed by atoms with E-state index in [1.807, 2.05) is 0 Å². The van der Waals surface area contributed by atoms with Crippen molar-refractivity contribution in [3.05, 3.63) is 56.9 Å². The predicted molar refractivity (Wildman–Crippen MR) is 64.5 cm³/mol. The Hall–Kier alpha value is -1.95. The number of aromatic carboxylic acids is 1. The van der Waals surface area contributed by atoms with E-state index in [9.17, 15) is 9.59 Å². The van der Waals surface area contributed by atoms with Crippen molar-refractivity contribution < 1.29 is 9.90 Å². The highest BCUT2D eigenvalue weighted by Crippen LogP contribution is 2.18. The van der Waals surface area contributed by atoms with Crippen LogP contribution in [0.5, 0.6) is 0 Å². The first-order valence-electron chi connectivity index (χ1n) is 4.68. The van der Waals surface area contributed by atoms with E-state index >= 15 is 0 Å². The lowest BCUT2D eigenvalue weighted by Crippen LogP contribution is -2.22. The number of rotatable bonds is 2. The fraction of sp³-hybridized carbons (Fsp3) is 0. The Labute approximate surface area is 104 Å². The van der Waals surface area contributed by atoms with Gasteiger partial charge in [-0.2, -0.15) is 9.78 Å². The fourth-order valence-electron chi connectivity index (χ4n) is 1.32. The summed E-state index contributed by atoms with van der Waals surface area (Å²) >= 11 is 3.28. The summed E-state index contributed by atoms with van der Waals surface area (Å²) in [4.78, 5) is 22.4. The zero-order valence-corrected chi connectivity index (χ0v) is 10.1. The lowest BCUT2D eigenvalue weighted by Gasteiger charge is -2.06. The molecule has 0 amide bonds. The molecule has 0 saturated carbocycles. The van der Waals surface area contributed by atoms with Gasteiger partial charge in [0.25, 0.3) is 5.56 Å². The average Bonchev–Trinajstić information content (AvgIpc) is 2.30. The molecular formula is C11H7BrN2O3. The fourth-order valence-corrected chi connectivity index (χ4v) is 1.77. The van der Waals surface area contributed by atoms with E-state index in [2.05, 4.69) is 21.0 Å². The minimum Gasteiger partial charge on any atom is -0.476 e. The van der Waals surface area contributed by atoms with Gasteiger partial charge in [-0.25, -0.2) is 4.79 Å². The van der Waals surface area contributed by atoms with Gasteiger partial charge in [0.05, 0.1) is 5.69 Å². The van der Waals surface area contributed by atoms with Gasteiger partial charge in [0.2, 0.25) is 0 Å². The zero-order valence-electron chi connectivity index (χ0n) is 8.50. The molecule has 0 radical (unpaired) electrons. The summed E-state index contributed by atoms with van der Waals surface area (Å²) < 4.78 is 1.71. The second kappa shape index (κ2) is 4.50. The maximum atomic E-state index is 11.6. The third-order valence-electron chi connectivity index (χ3n) is 2.10. The molecule has 86 valence electrons. The number of aromatic nitrogens is 2. The van der Waals surface area contributed by atoms with Crippen LogP contribution in [0, 0.1) is 0 Å². The molecule has 1 aromatic heterocycles. The van der Waals surface area contributed by atoms with Crippen molar-refractivity contribution in [1.82, 2.24) is 9.78 Å². The van der Waals surface area contributed by atoms with Crippen molar-refractivity contribution in [2.24, 2.45) is 0 Å². The zero-order chi connectivity index (χ0) is 12.4. The Morgan fingerprint density at radius 1 is 1.24 bits per heavy atom. The molecule has 1 N–H and O–H groups in total. The molecule has 0 atom stereocenters.